The molecule has 3 aromatic rings. The van der Waals surface area contributed by atoms with E-state index < -0.39 is 21.4 Å². The highest BCUT2D eigenvalue weighted by Crippen LogP contribution is 2.34. The molecule has 0 amide bonds. The molecule has 2 aromatic heterocycles. The van der Waals surface area contributed by atoms with Crippen molar-refractivity contribution in [3.63, 3.8) is 0 Å². The highest BCUT2D eigenvalue weighted by Gasteiger charge is 2.24. The molecular weight excluding hydrogens is 382 g/mol. The summed E-state index contributed by atoms with van der Waals surface area (Å²) in [5.41, 5.74) is 0.408. The first kappa shape index (κ1) is 18.1. The molecule has 0 unspecified atom stereocenters. The Balaban J connectivity index is 1.66. The molecule has 1 aromatic carbocycles. The second-order valence-electron chi connectivity index (χ2n) is 6.40. The molecule has 0 atom stereocenters. The summed E-state index contributed by atoms with van der Waals surface area (Å²) in [6.07, 6.45) is 1.71. The van der Waals surface area contributed by atoms with Crippen LogP contribution in [-0.4, -0.2) is 51.1 Å². The fourth-order valence-electron chi connectivity index (χ4n) is 3.16. The van der Waals surface area contributed by atoms with Crippen molar-refractivity contribution in [3.05, 3.63) is 54.2 Å². The summed E-state index contributed by atoms with van der Waals surface area (Å²) in [7, 11) is -3.71. The molecule has 1 N–H and O–H groups in total. The average molecular weight is 402 g/mol. The van der Waals surface area contributed by atoms with E-state index in [0.717, 1.165) is 42.1 Å². The molecule has 1 aliphatic rings. The molecule has 8 heteroatoms. The highest BCUT2D eigenvalue weighted by molar-refractivity contribution is 7.94. The summed E-state index contributed by atoms with van der Waals surface area (Å²) in [6.45, 7) is 3.41. The van der Waals surface area contributed by atoms with Crippen molar-refractivity contribution < 1.29 is 13.2 Å². The summed E-state index contributed by atoms with van der Waals surface area (Å²) in [4.78, 5) is 19.0. The van der Waals surface area contributed by atoms with E-state index in [1.165, 1.54) is 11.3 Å². The summed E-state index contributed by atoms with van der Waals surface area (Å²) in [5.74, 6) is -0.116. The van der Waals surface area contributed by atoms with E-state index in [4.69, 9.17) is 0 Å². The van der Waals surface area contributed by atoms with Gasteiger partial charge in [-0.05, 0) is 12.1 Å². The molecule has 1 saturated heterocycles. The van der Waals surface area contributed by atoms with Gasteiger partial charge in [-0.3, -0.25) is 4.79 Å². The number of hydrogen-bond donors (Lipinski definition) is 1. The number of hydrogen-bond acceptors (Lipinski definition) is 7. The fourth-order valence-corrected chi connectivity index (χ4v) is 5.85. The van der Waals surface area contributed by atoms with Crippen LogP contribution in [0, 0.1) is 0 Å². The van der Waals surface area contributed by atoms with Gasteiger partial charge in [-0.1, -0.05) is 30.3 Å². The number of rotatable bonds is 5. The smallest absolute Gasteiger partial charge is 0.195 e. The molecule has 140 valence electrons. The van der Waals surface area contributed by atoms with Crippen LogP contribution in [0.25, 0.3) is 10.1 Å². The average Bonchev–Trinajstić information content (AvgIpc) is 3.14. The van der Waals surface area contributed by atoms with Gasteiger partial charge < -0.3 is 10.2 Å². The molecule has 0 saturated carbocycles. The van der Waals surface area contributed by atoms with Crippen molar-refractivity contribution in [3.8, 4) is 0 Å². The number of benzene rings is 1. The van der Waals surface area contributed by atoms with Crippen molar-refractivity contribution in [1.29, 1.82) is 0 Å². The number of nitrogens with zero attached hydrogens (tertiary/aromatic N) is 2. The first-order chi connectivity index (χ1) is 13.0. The van der Waals surface area contributed by atoms with Crippen LogP contribution < -0.4 is 10.2 Å². The molecule has 0 spiro atoms. The third-order valence-electron chi connectivity index (χ3n) is 4.54. The van der Waals surface area contributed by atoms with Gasteiger partial charge in [0, 0.05) is 48.0 Å². The number of nitrogens with one attached hydrogen (secondary N) is 1. The molecule has 0 radical (unpaired) electrons. The van der Waals surface area contributed by atoms with Gasteiger partial charge in [0.05, 0.1) is 0 Å². The number of Topliss-reactive ketones (excluding diaryl/α,β-unsaturated/α-hetero) is 1. The summed E-state index contributed by atoms with van der Waals surface area (Å²) in [6, 6.07) is 12.0. The zero-order valence-electron chi connectivity index (χ0n) is 14.6. The number of anilines is 1. The number of carbonyl (C=O) groups excluding carboxylic acids is 1. The van der Waals surface area contributed by atoms with E-state index in [-0.39, 0.29) is 4.21 Å². The van der Waals surface area contributed by atoms with Crippen molar-refractivity contribution >= 4 is 42.9 Å². The minimum absolute atomic E-state index is 0.214. The Morgan fingerprint density at radius 3 is 2.63 bits per heavy atom. The molecule has 6 nitrogen and oxygen atoms in total. The predicted octanol–water partition coefficient (Wildman–Crippen LogP) is 2.36. The van der Waals surface area contributed by atoms with E-state index in [1.807, 2.05) is 6.07 Å². The Hall–Kier alpha value is -2.29. The number of carbonyl (C=O) groups is 1. The molecular formula is C19H19N3O3S2. The second kappa shape index (κ2) is 7.38. The number of sulfone groups is 1. The maximum absolute atomic E-state index is 12.8. The van der Waals surface area contributed by atoms with Crippen molar-refractivity contribution in [2.75, 3.05) is 36.8 Å². The van der Waals surface area contributed by atoms with E-state index in [9.17, 15) is 13.2 Å². The van der Waals surface area contributed by atoms with Crippen LogP contribution in [0.4, 0.5) is 5.82 Å². The van der Waals surface area contributed by atoms with E-state index >= 15 is 0 Å². The van der Waals surface area contributed by atoms with Crippen molar-refractivity contribution in [2.24, 2.45) is 0 Å². The van der Waals surface area contributed by atoms with Gasteiger partial charge in [-0.15, -0.1) is 11.3 Å². The number of fused-ring (bicyclic) bond motifs is 1. The highest BCUT2D eigenvalue weighted by atomic mass is 32.2. The molecule has 1 aliphatic heterocycles. The molecule has 27 heavy (non-hydrogen) atoms. The van der Waals surface area contributed by atoms with E-state index in [1.54, 1.807) is 42.6 Å². The third kappa shape index (κ3) is 3.73. The van der Waals surface area contributed by atoms with Crippen molar-refractivity contribution in [2.45, 2.75) is 4.21 Å². The SMILES string of the molecule is O=C(CS(=O)(=O)c1cc2c(N3CCNCC3)nccc2s1)c1ccccc1. The summed E-state index contributed by atoms with van der Waals surface area (Å²) in [5, 5.41) is 4.13. The summed E-state index contributed by atoms with van der Waals surface area (Å²) < 4.78 is 26.7. The molecule has 0 bridgehead atoms. The zero-order chi connectivity index (χ0) is 18.9. The Bertz CT molecular complexity index is 1070. The minimum atomic E-state index is -3.71. The quantitative estimate of drug-likeness (QED) is 0.661. The lowest BCUT2D eigenvalue weighted by Crippen LogP contribution is -2.43. The maximum Gasteiger partial charge on any atom is 0.195 e. The van der Waals surface area contributed by atoms with Crippen LogP contribution in [0.1, 0.15) is 10.4 Å². The van der Waals surface area contributed by atoms with Crippen LogP contribution in [0.15, 0.2) is 52.9 Å². The number of ketones is 1. The van der Waals surface area contributed by atoms with Crippen LogP contribution >= 0.6 is 11.3 Å². The Labute approximate surface area is 161 Å². The monoisotopic (exact) mass is 401 g/mol. The van der Waals surface area contributed by atoms with Crippen LogP contribution in [-0.2, 0) is 9.84 Å². The van der Waals surface area contributed by atoms with Gasteiger partial charge in [0.1, 0.15) is 15.8 Å². The number of thiophene rings is 1. The Morgan fingerprint density at radius 2 is 1.89 bits per heavy atom. The minimum Gasteiger partial charge on any atom is -0.354 e. The Morgan fingerprint density at radius 1 is 1.15 bits per heavy atom. The van der Waals surface area contributed by atoms with E-state index in [2.05, 4.69) is 15.2 Å². The lowest BCUT2D eigenvalue weighted by atomic mass is 10.2. The molecule has 3 heterocycles. The standard InChI is InChI=1S/C19H19N3O3S2/c23-16(14-4-2-1-3-5-14)13-27(24,25)18-12-15-17(26-18)6-7-21-19(15)22-10-8-20-9-11-22/h1-7,12,20H,8-11,13H2. The lowest BCUT2D eigenvalue weighted by molar-refractivity contribution is 0.102. The van der Waals surface area contributed by atoms with Gasteiger partial charge in [0.25, 0.3) is 0 Å². The van der Waals surface area contributed by atoms with Gasteiger partial charge >= 0.3 is 0 Å². The van der Waals surface area contributed by atoms with Gasteiger partial charge in [0.2, 0.25) is 0 Å². The van der Waals surface area contributed by atoms with Gasteiger partial charge in [-0.25, -0.2) is 13.4 Å². The van der Waals surface area contributed by atoms with Crippen LogP contribution in [0.3, 0.4) is 0 Å². The topological polar surface area (TPSA) is 79.4 Å². The fraction of sp³-hybridized carbons (Fsp3) is 0.263. The summed E-state index contributed by atoms with van der Waals surface area (Å²) >= 11 is 1.20. The Kier molecular flexibility index (Phi) is 4.94. The number of piperazine rings is 1. The largest absolute Gasteiger partial charge is 0.354 e. The third-order valence-corrected chi connectivity index (χ3v) is 7.82. The van der Waals surface area contributed by atoms with Gasteiger partial charge in [-0.2, -0.15) is 0 Å². The molecule has 0 aliphatic carbocycles. The molecule has 1 fully saturated rings. The van der Waals surface area contributed by atoms with Crippen LogP contribution in [0.5, 0.6) is 0 Å². The van der Waals surface area contributed by atoms with E-state index in [0.29, 0.717) is 5.56 Å². The first-order valence-corrected chi connectivity index (χ1v) is 11.2. The second-order valence-corrected chi connectivity index (χ2v) is 9.70. The van der Waals surface area contributed by atoms with Crippen molar-refractivity contribution in [1.82, 2.24) is 10.3 Å². The number of aromatic nitrogens is 1. The number of pyridine rings is 1. The first-order valence-electron chi connectivity index (χ1n) is 8.70. The molecule has 4 rings (SSSR count). The predicted molar refractivity (Wildman–Crippen MR) is 108 cm³/mol. The normalized spacial score (nSPS) is 15.2. The van der Waals surface area contributed by atoms with Gasteiger partial charge in [0.15, 0.2) is 15.6 Å². The zero-order valence-corrected chi connectivity index (χ0v) is 16.2. The lowest BCUT2D eigenvalue weighted by Gasteiger charge is -2.28. The maximum atomic E-state index is 12.8. The van der Waals surface area contributed by atoms with Crippen LogP contribution in [0.2, 0.25) is 0 Å².